The van der Waals surface area contributed by atoms with E-state index >= 15 is 0 Å². The molecular formula is C21H27N3O4. The summed E-state index contributed by atoms with van der Waals surface area (Å²) in [6.45, 7) is 4.88. The van der Waals surface area contributed by atoms with Gasteiger partial charge in [-0.1, -0.05) is 0 Å². The van der Waals surface area contributed by atoms with Gasteiger partial charge < -0.3 is 19.5 Å². The van der Waals surface area contributed by atoms with Crippen LogP contribution >= 0.6 is 0 Å². The Kier molecular flexibility index (Phi) is 7.06. The lowest BCUT2D eigenvalue weighted by Gasteiger charge is -2.28. The number of carbonyl (C=O) groups is 1. The molecule has 0 radical (unpaired) electrons. The summed E-state index contributed by atoms with van der Waals surface area (Å²) < 4.78 is 17.0. The van der Waals surface area contributed by atoms with Crippen molar-refractivity contribution in [3.05, 3.63) is 42.2 Å². The third-order valence-electron chi connectivity index (χ3n) is 4.63. The predicted molar refractivity (Wildman–Crippen MR) is 105 cm³/mol. The van der Waals surface area contributed by atoms with Crippen LogP contribution in [0.25, 0.3) is 0 Å². The van der Waals surface area contributed by atoms with Crippen LogP contribution < -0.4 is 19.5 Å². The van der Waals surface area contributed by atoms with Gasteiger partial charge in [0.15, 0.2) is 11.5 Å². The van der Waals surface area contributed by atoms with E-state index in [1.807, 2.05) is 13.8 Å². The highest BCUT2D eigenvalue weighted by atomic mass is 16.5. The molecule has 0 spiro atoms. The molecule has 0 bridgehead atoms. The normalized spacial score (nSPS) is 18.9. The molecule has 0 saturated heterocycles. The van der Waals surface area contributed by atoms with Crippen LogP contribution in [0.2, 0.25) is 0 Å². The second kappa shape index (κ2) is 9.92. The Hall–Kier alpha value is -2.83. The van der Waals surface area contributed by atoms with E-state index in [9.17, 15) is 4.79 Å². The first-order valence-corrected chi connectivity index (χ1v) is 9.83. The first-order valence-electron chi connectivity index (χ1n) is 9.83. The summed E-state index contributed by atoms with van der Waals surface area (Å²) in [5.74, 6) is 1.15. The first-order chi connectivity index (χ1) is 13.7. The molecule has 1 heterocycles. The van der Waals surface area contributed by atoms with E-state index in [-0.39, 0.29) is 18.1 Å². The Morgan fingerprint density at radius 1 is 1.04 bits per heavy atom. The lowest BCUT2D eigenvalue weighted by molar-refractivity contribution is 0.0884. The lowest BCUT2D eigenvalue weighted by Crippen LogP contribution is -2.39. The SMILES string of the molecule is CCOc1ccc(C(=O)NC2CCC(Oc3ncccn3)CC2)cc1OCC. The maximum Gasteiger partial charge on any atom is 0.316 e. The predicted octanol–water partition coefficient (Wildman–Crippen LogP) is 3.39. The minimum absolute atomic E-state index is 0.0885. The number of rotatable bonds is 8. The number of aromatic nitrogens is 2. The van der Waals surface area contributed by atoms with E-state index in [1.165, 1.54) is 0 Å². The number of hydrogen-bond acceptors (Lipinski definition) is 6. The summed E-state index contributed by atoms with van der Waals surface area (Å²) in [6.07, 6.45) is 6.86. The van der Waals surface area contributed by atoms with Gasteiger partial charge in [-0.3, -0.25) is 4.79 Å². The highest BCUT2D eigenvalue weighted by Gasteiger charge is 2.25. The Balaban J connectivity index is 1.53. The fourth-order valence-corrected chi connectivity index (χ4v) is 3.28. The average Bonchev–Trinajstić information content (AvgIpc) is 2.72. The average molecular weight is 385 g/mol. The van der Waals surface area contributed by atoms with Crippen LogP contribution in [0.3, 0.4) is 0 Å². The molecule has 1 aromatic heterocycles. The van der Waals surface area contributed by atoms with Gasteiger partial charge in [0.1, 0.15) is 6.10 Å². The monoisotopic (exact) mass is 385 g/mol. The summed E-state index contributed by atoms with van der Waals surface area (Å²) in [7, 11) is 0. The molecule has 150 valence electrons. The maximum atomic E-state index is 12.7. The van der Waals surface area contributed by atoms with Gasteiger partial charge in [0.25, 0.3) is 5.91 Å². The molecule has 7 heteroatoms. The van der Waals surface area contributed by atoms with E-state index in [1.54, 1.807) is 36.7 Å². The highest BCUT2D eigenvalue weighted by molar-refractivity contribution is 5.95. The lowest BCUT2D eigenvalue weighted by atomic mass is 9.92. The van der Waals surface area contributed by atoms with Crippen LogP contribution in [-0.2, 0) is 0 Å². The molecule has 2 aromatic rings. The molecule has 1 fully saturated rings. The van der Waals surface area contributed by atoms with Crippen molar-refractivity contribution in [3.63, 3.8) is 0 Å². The molecular weight excluding hydrogens is 358 g/mol. The smallest absolute Gasteiger partial charge is 0.316 e. The molecule has 1 aliphatic carbocycles. The van der Waals surface area contributed by atoms with Crippen molar-refractivity contribution < 1.29 is 19.0 Å². The second-order valence-electron chi connectivity index (χ2n) is 6.62. The van der Waals surface area contributed by atoms with Crippen LogP contribution in [0.5, 0.6) is 17.5 Å². The summed E-state index contributed by atoms with van der Waals surface area (Å²) in [4.78, 5) is 20.8. The Morgan fingerprint density at radius 2 is 1.71 bits per heavy atom. The fraction of sp³-hybridized carbons (Fsp3) is 0.476. The van der Waals surface area contributed by atoms with Gasteiger partial charge in [0, 0.05) is 24.0 Å². The van der Waals surface area contributed by atoms with Crippen molar-refractivity contribution in [2.45, 2.75) is 51.7 Å². The number of nitrogens with one attached hydrogen (secondary N) is 1. The van der Waals surface area contributed by atoms with E-state index in [2.05, 4.69) is 15.3 Å². The zero-order chi connectivity index (χ0) is 19.8. The van der Waals surface area contributed by atoms with Crippen molar-refractivity contribution in [2.75, 3.05) is 13.2 Å². The van der Waals surface area contributed by atoms with Gasteiger partial charge >= 0.3 is 6.01 Å². The third kappa shape index (κ3) is 5.34. The van der Waals surface area contributed by atoms with Crippen LogP contribution in [0.4, 0.5) is 0 Å². The quantitative estimate of drug-likeness (QED) is 0.750. The van der Waals surface area contributed by atoms with Crippen molar-refractivity contribution in [2.24, 2.45) is 0 Å². The van der Waals surface area contributed by atoms with Gasteiger partial charge in [-0.05, 0) is 63.8 Å². The Bertz CT molecular complexity index is 762. The zero-order valence-corrected chi connectivity index (χ0v) is 16.4. The topological polar surface area (TPSA) is 82.6 Å². The van der Waals surface area contributed by atoms with Crippen LogP contribution in [-0.4, -0.2) is 41.2 Å². The number of ether oxygens (including phenoxy) is 3. The van der Waals surface area contributed by atoms with Crippen LogP contribution in [0, 0.1) is 0 Å². The molecule has 7 nitrogen and oxygen atoms in total. The molecule has 1 N–H and O–H groups in total. The molecule has 0 atom stereocenters. The number of nitrogens with zero attached hydrogens (tertiary/aromatic N) is 2. The maximum absolute atomic E-state index is 12.7. The van der Waals surface area contributed by atoms with Crippen molar-refractivity contribution in [3.8, 4) is 17.5 Å². The number of amides is 1. The van der Waals surface area contributed by atoms with Crippen molar-refractivity contribution in [1.29, 1.82) is 0 Å². The van der Waals surface area contributed by atoms with E-state index in [0.29, 0.717) is 36.3 Å². The van der Waals surface area contributed by atoms with Crippen LogP contribution in [0.15, 0.2) is 36.7 Å². The summed E-state index contributed by atoms with van der Waals surface area (Å²) in [5, 5.41) is 3.12. The Morgan fingerprint density at radius 3 is 2.39 bits per heavy atom. The van der Waals surface area contributed by atoms with E-state index in [0.717, 1.165) is 25.7 Å². The minimum Gasteiger partial charge on any atom is -0.490 e. The summed E-state index contributed by atoms with van der Waals surface area (Å²) in [5.41, 5.74) is 0.572. The van der Waals surface area contributed by atoms with Crippen LogP contribution in [0.1, 0.15) is 49.9 Å². The largest absolute Gasteiger partial charge is 0.490 e. The molecule has 0 aliphatic heterocycles. The van der Waals surface area contributed by atoms with Gasteiger partial charge in [-0.25, -0.2) is 9.97 Å². The minimum atomic E-state index is -0.0974. The number of benzene rings is 1. The summed E-state index contributed by atoms with van der Waals surface area (Å²) >= 11 is 0. The van der Waals surface area contributed by atoms with Crippen molar-refractivity contribution in [1.82, 2.24) is 15.3 Å². The van der Waals surface area contributed by atoms with Gasteiger partial charge in [-0.15, -0.1) is 0 Å². The molecule has 1 saturated carbocycles. The molecule has 1 aromatic carbocycles. The van der Waals surface area contributed by atoms with Gasteiger partial charge in [-0.2, -0.15) is 0 Å². The molecule has 1 aliphatic rings. The van der Waals surface area contributed by atoms with Gasteiger partial charge in [0.2, 0.25) is 0 Å². The molecule has 3 rings (SSSR count). The highest BCUT2D eigenvalue weighted by Crippen LogP contribution is 2.29. The molecule has 1 amide bonds. The third-order valence-corrected chi connectivity index (χ3v) is 4.63. The van der Waals surface area contributed by atoms with Gasteiger partial charge in [0.05, 0.1) is 13.2 Å². The molecule has 0 unspecified atom stereocenters. The van der Waals surface area contributed by atoms with Crippen molar-refractivity contribution >= 4 is 5.91 Å². The first kappa shape index (κ1) is 19.9. The molecule has 28 heavy (non-hydrogen) atoms. The van der Waals surface area contributed by atoms with E-state index < -0.39 is 0 Å². The standard InChI is InChI=1S/C21H27N3O4/c1-3-26-18-11-6-15(14-19(18)27-4-2)20(25)24-16-7-9-17(10-8-16)28-21-22-12-5-13-23-21/h5-6,11-14,16-17H,3-4,7-10H2,1-2H3,(H,24,25). The second-order valence-corrected chi connectivity index (χ2v) is 6.62. The summed E-state index contributed by atoms with van der Waals surface area (Å²) in [6, 6.07) is 7.60. The fourth-order valence-electron chi connectivity index (χ4n) is 3.28. The Labute approximate surface area is 165 Å². The zero-order valence-electron chi connectivity index (χ0n) is 16.4. The number of carbonyl (C=O) groups excluding carboxylic acids is 1. The number of hydrogen-bond donors (Lipinski definition) is 1. The van der Waals surface area contributed by atoms with E-state index in [4.69, 9.17) is 14.2 Å².